The van der Waals surface area contributed by atoms with Gasteiger partial charge in [-0.15, -0.1) is 11.3 Å². The minimum absolute atomic E-state index is 0.380. The summed E-state index contributed by atoms with van der Waals surface area (Å²) in [6.45, 7) is 8.89. The van der Waals surface area contributed by atoms with E-state index in [1.807, 2.05) is 11.3 Å². The van der Waals surface area contributed by atoms with Crippen molar-refractivity contribution in [3.63, 3.8) is 0 Å². The maximum absolute atomic E-state index is 2.66. The summed E-state index contributed by atoms with van der Waals surface area (Å²) in [5.41, 5.74) is 7.38. The van der Waals surface area contributed by atoms with Crippen LogP contribution in [0.15, 0.2) is 54.6 Å². The Morgan fingerprint density at radius 1 is 1.00 bits per heavy atom. The number of fused-ring (bicyclic) bond motifs is 1. The van der Waals surface area contributed by atoms with E-state index >= 15 is 0 Å². The van der Waals surface area contributed by atoms with Crippen LogP contribution in [-0.4, -0.2) is 11.4 Å². The summed E-state index contributed by atoms with van der Waals surface area (Å²) in [4.78, 5) is 5.75. The van der Waals surface area contributed by atoms with Gasteiger partial charge >= 0.3 is 0 Å². The molecular weight excluding hydrogens is 334 g/mol. The van der Waals surface area contributed by atoms with E-state index in [2.05, 4.69) is 80.3 Å². The smallest absolute Gasteiger partial charge is 0.0702 e. The Morgan fingerprint density at radius 3 is 2.42 bits per heavy atom. The van der Waals surface area contributed by atoms with Crippen LogP contribution in [0, 0.1) is 13.8 Å². The van der Waals surface area contributed by atoms with Gasteiger partial charge in [-0.1, -0.05) is 67.1 Å². The minimum Gasteiger partial charge on any atom is -0.287 e. The van der Waals surface area contributed by atoms with Gasteiger partial charge in [-0.3, -0.25) is 4.90 Å². The highest BCUT2D eigenvalue weighted by Crippen LogP contribution is 2.43. The van der Waals surface area contributed by atoms with Crippen molar-refractivity contribution in [2.75, 3.05) is 6.54 Å². The van der Waals surface area contributed by atoms with Crippen molar-refractivity contribution >= 4 is 11.3 Å². The Labute approximate surface area is 161 Å². The zero-order valence-electron chi connectivity index (χ0n) is 16.0. The first-order chi connectivity index (χ1) is 12.7. The van der Waals surface area contributed by atoms with Crippen LogP contribution in [0.25, 0.3) is 0 Å². The molecule has 0 amide bonds. The first-order valence-electron chi connectivity index (χ1n) is 9.63. The molecule has 1 aliphatic rings. The van der Waals surface area contributed by atoms with E-state index in [1.54, 1.807) is 16.0 Å². The van der Waals surface area contributed by atoms with E-state index in [0.29, 0.717) is 6.04 Å². The van der Waals surface area contributed by atoms with E-state index in [9.17, 15) is 0 Å². The minimum atomic E-state index is 0.380. The van der Waals surface area contributed by atoms with E-state index in [4.69, 9.17) is 0 Å². The van der Waals surface area contributed by atoms with Gasteiger partial charge in [0.25, 0.3) is 0 Å². The maximum Gasteiger partial charge on any atom is 0.0702 e. The Kier molecular flexibility index (Phi) is 4.97. The maximum atomic E-state index is 2.66. The van der Waals surface area contributed by atoms with Gasteiger partial charge in [0.2, 0.25) is 0 Å². The van der Waals surface area contributed by atoms with Crippen molar-refractivity contribution in [3.05, 3.63) is 92.2 Å². The Bertz CT molecular complexity index is 877. The molecular formula is C24H27NS. The molecule has 2 heterocycles. The van der Waals surface area contributed by atoms with Crippen LogP contribution in [0.5, 0.6) is 0 Å². The van der Waals surface area contributed by atoms with Gasteiger partial charge in [0.15, 0.2) is 0 Å². The molecule has 0 N–H and O–H groups in total. The third-order valence-electron chi connectivity index (χ3n) is 5.59. The predicted molar refractivity (Wildman–Crippen MR) is 112 cm³/mol. The second-order valence-electron chi connectivity index (χ2n) is 7.35. The van der Waals surface area contributed by atoms with Crippen LogP contribution in [0.1, 0.15) is 50.5 Å². The Balaban J connectivity index is 1.75. The number of hydrogen-bond donors (Lipinski definition) is 0. The molecule has 0 saturated carbocycles. The normalized spacial score (nSPS) is 17.3. The molecule has 0 aliphatic carbocycles. The molecule has 0 saturated heterocycles. The second kappa shape index (κ2) is 7.38. The SMILES string of the molecule is CCc1c(C)sc2c1CCN(Cc1ccc(C)cc1)[C@H]2c1ccccc1. The number of aryl methyl sites for hydroxylation is 2. The fourth-order valence-electron chi connectivity index (χ4n) is 4.25. The van der Waals surface area contributed by atoms with Crippen molar-refractivity contribution < 1.29 is 0 Å². The van der Waals surface area contributed by atoms with Crippen molar-refractivity contribution in [2.45, 2.75) is 46.2 Å². The van der Waals surface area contributed by atoms with E-state index in [0.717, 1.165) is 19.5 Å². The van der Waals surface area contributed by atoms with Gasteiger partial charge in [0, 0.05) is 22.8 Å². The molecule has 134 valence electrons. The van der Waals surface area contributed by atoms with Crippen molar-refractivity contribution in [2.24, 2.45) is 0 Å². The summed E-state index contributed by atoms with van der Waals surface area (Å²) in [6, 6.07) is 20.5. The summed E-state index contributed by atoms with van der Waals surface area (Å²) in [6.07, 6.45) is 2.33. The molecule has 1 nitrogen and oxygen atoms in total. The van der Waals surface area contributed by atoms with Gasteiger partial charge < -0.3 is 0 Å². The molecule has 1 aromatic heterocycles. The number of benzene rings is 2. The molecule has 3 aromatic rings. The van der Waals surface area contributed by atoms with Crippen LogP contribution >= 0.6 is 11.3 Å². The topological polar surface area (TPSA) is 3.24 Å². The number of thiophene rings is 1. The van der Waals surface area contributed by atoms with Gasteiger partial charge in [0.1, 0.15) is 0 Å². The molecule has 1 aliphatic heterocycles. The monoisotopic (exact) mass is 361 g/mol. The van der Waals surface area contributed by atoms with Gasteiger partial charge in [0.05, 0.1) is 6.04 Å². The first kappa shape index (κ1) is 17.5. The predicted octanol–water partition coefficient (Wildman–Crippen LogP) is 6.08. The van der Waals surface area contributed by atoms with E-state index in [-0.39, 0.29) is 0 Å². The third-order valence-corrected chi connectivity index (χ3v) is 6.83. The molecule has 26 heavy (non-hydrogen) atoms. The molecule has 4 rings (SSSR count). The standard InChI is InChI=1S/C24H27NS/c1-4-21-18(3)26-24-22(21)14-15-25(16-19-12-10-17(2)11-13-19)23(24)20-8-6-5-7-9-20/h5-13,23H,4,14-16H2,1-3H3/t23-/m0/s1. The second-order valence-corrected chi connectivity index (χ2v) is 8.61. The van der Waals surface area contributed by atoms with Crippen molar-refractivity contribution in [3.8, 4) is 0 Å². The number of hydrogen-bond acceptors (Lipinski definition) is 2. The average Bonchev–Trinajstić information content (AvgIpc) is 2.99. The molecule has 2 heteroatoms. The molecule has 0 fully saturated rings. The fourth-order valence-corrected chi connectivity index (χ4v) is 5.72. The lowest BCUT2D eigenvalue weighted by atomic mass is 9.91. The Hall–Kier alpha value is -1.90. The van der Waals surface area contributed by atoms with Crippen molar-refractivity contribution in [1.29, 1.82) is 0 Å². The lowest BCUT2D eigenvalue weighted by Crippen LogP contribution is -2.35. The molecule has 0 unspecified atom stereocenters. The quantitative estimate of drug-likeness (QED) is 0.545. The lowest BCUT2D eigenvalue weighted by Gasteiger charge is -2.36. The highest BCUT2D eigenvalue weighted by atomic mass is 32.1. The van der Waals surface area contributed by atoms with Gasteiger partial charge in [-0.25, -0.2) is 0 Å². The summed E-state index contributed by atoms with van der Waals surface area (Å²) < 4.78 is 0. The summed E-state index contributed by atoms with van der Waals surface area (Å²) in [7, 11) is 0. The van der Waals surface area contributed by atoms with Crippen LogP contribution in [0.4, 0.5) is 0 Å². The van der Waals surface area contributed by atoms with Crippen LogP contribution in [0.3, 0.4) is 0 Å². The average molecular weight is 362 g/mol. The third kappa shape index (κ3) is 3.24. The van der Waals surface area contributed by atoms with Crippen LogP contribution in [-0.2, 0) is 19.4 Å². The highest BCUT2D eigenvalue weighted by molar-refractivity contribution is 7.12. The molecule has 2 aromatic carbocycles. The van der Waals surface area contributed by atoms with Gasteiger partial charge in [-0.05, 0) is 48.9 Å². The molecule has 1 atom stereocenters. The fraction of sp³-hybridized carbons (Fsp3) is 0.333. The van der Waals surface area contributed by atoms with E-state index < -0.39 is 0 Å². The van der Waals surface area contributed by atoms with E-state index in [1.165, 1.54) is 28.0 Å². The first-order valence-corrected chi connectivity index (χ1v) is 10.4. The molecule has 0 bridgehead atoms. The Morgan fingerprint density at radius 2 is 1.73 bits per heavy atom. The zero-order valence-corrected chi connectivity index (χ0v) is 16.8. The van der Waals surface area contributed by atoms with Crippen molar-refractivity contribution in [1.82, 2.24) is 4.90 Å². The lowest BCUT2D eigenvalue weighted by molar-refractivity contribution is 0.207. The summed E-state index contributed by atoms with van der Waals surface area (Å²) in [5, 5.41) is 0. The largest absolute Gasteiger partial charge is 0.287 e. The number of rotatable bonds is 4. The molecule has 0 radical (unpaired) electrons. The summed E-state index contributed by atoms with van der Waals surface area (Å²) in [5.74, 6) is 0. The van der Waals surface area contributed by atoms with Crippen LogP contribution in [0.2, 0.25) is 0 Å². The molecule has 0 spiro atoms. The van der Waals surface area contributed by atoms with Gasteiger partial charge in [-0.2, -0.15) is 0 Å². The zero-order chi connectivity index (χ0) is 18.1. The number of nitrogens with zero attached hydrogens (tertiary/aromatic N) is 1. The highest BCUT2D eigenvalue weighted by Gasteiger charge is 2.32. The summed E-state index contributed by atoms with van der Waals surface area (Å²) >= 11 is 2.02. The van der Waals surface area contributed by atoms with Crippen LogP contribution < -0.4 is 0 Å².